The number of aliphatic hydroxyl groups is 1. The zero-order valence-electron chi connectivity index (χ0n) is 33.1. The van der Waals surface area contributed by atoms with Gasteiger partial charge in [0.2, 0.25) is 23.6 Å². The molecule has 2 heterocycles. The van der Waals surface area contributed by atoms with Gasteiger partial charge < -0.3 is 41.6 Å². The molecule has 1 aliphatic rings. The van der Waals surface area contributed by atoms with E-state index in [1.54, 1.807) is 11.3 Å². The molecule has 15 heteroatoms. The van der Waals surface area contributed by atoms with Gasteiger partial charge >= 0.3 is 0 Å². The number of amides is 4. The van der Waals surface area contributed by atoms with E-state index in [4.69, 9.17) is 20.9 Å². The molecule has 2 aromatic carbocycles. The van der Waals surface area contributed by atoms with E-state index in [1.165, 1.54) is 10.5 Å². The highest BCUT2D eigenvalue weighted by atomic mass is 35.5. The van der Waals surface area contributed by atoms with Crippen LogP contribution in [-0.4, -0.2) is 88.7 Å². The Kier molecular flexibility index (Phi) is 18.4. The van der Waals surface area contributed by atoms with Crippen molar-refractivity contribution in [2.45, 2.75) is 117 Å². The van der Waals surface area contributed by atoms with E-state index in [9.17, 15) is 24.3 Å². The molecule has 0 aliphatic carbocycles. The zero-order valence-corrected chi connectivity index (χ0v) is 34.8. The maximum absolute atomic E-state index is 13.9. The first kappa shape index (κ1) is 46.5. The molecule has 13 nitrogen and oxygen atoms in total. The lowest BCUT2D eigenvalue weighted by Gasteiger charge is -2.35. The van der Waals surface area contributed by atoms with Gasteiger partial charge in [-0.25, -0.2) is 4.98 Å². The molecule has 7 N–H and O–H groups in total. The zero-order chi connectivity index (χ0) is 40.1. The van der Waals surface area contributed by atoms with Crippen LogP contribution in [0.25, 0.3) is 10.4 Å². The molecule has 3 aromatic rings. The first-order chi connectivity index (χ1) is 26.1. The lowest BCUT2D eigenvalue weighted by Crippen LogP contribution is -2.58. The van der Waals surface area contributed by atoms with Gasteiger partial charge in [0.25, 0.3) is 0 Å². The van der Waals surface area contributed by atoms with Crippen molar-refractivity contribution in [2.75, 3.05) is 19.8 Å². The minimum Gasteiger partial charge on any atom is -0.391 e. The number of benzene rings is 2. The van der Waals surface area contributed by atoms with Crippen LogP contribution < -0.4 is 22.1 Å². The number of primary amides is 1. The van der Waals surface area contributed by atoms with Crippen LogP contribution >= 0.6 is 23.7 Å². The van der Waals surface area contributed by atoms with Crippen LogP contribution in [-0.2, 0) is 48.2 Å². The number of carbonyl (C=O) groups excluding carboxylic acids is 4. The maximum atomic E-state index is 13.9. The Morgan fingerprint density at radius 2 is 1.70 bits per heavy atom. The van der Waals surface area contributed by atoms with Crippen molar-refractivity contribution < 1.29 is 33.8 Å². The molecule has 0 saturated carbocycles. The topological polar surface area (TPSA) is 199 Å². The number of thiazole rings is 1. The highest BCUT2D eigenvalue weighted by Gasteiger charge is 2.44. The molecule has 1 aromatic heterocycles. The van der Waals surface area contributed by atoms with Crippen molar-refractivity contribution in [3.8, 4) is 10.4 Å². The number of aliphatic hydroxyl groups excluding tert-OH is 1. The fraction of sp³-hybridized carbons (Fsp3) is 0.537. The van der Waals surface area contributed by atoms with E-state index in [0.717, 1.165) is 46.5 Å². The van der Waals surface area contributed by atoms with Crippen LogP contribution in [0.5, 0.6) is 0 Å². The summed E-state index contributed by atoms with van der Waals surface area (Å²) in [5, 5.41) is 16.3. The molecule has 0 bridgehead atoms. The number of β-amino-alcohol motifs (C(OH)–C–C–N with tert-alkyl or cyclic N) is 1. The molecule has 4 amide bonds. The van der Waals surface area contributed by atoms with Gasteiger partial charge in [-0.05, 0) is 67.2 Å². The van der Waals surface area contributed by atoms with Crippen molar-refractivity contribution in [2.24, 2.45) is 16.9 Å². The van der Waals surface area contributed by atoms with Crippen LogP contribution in [0.15, 0.2) is 54.0 Å². The molecule has 1 aliphatic heterocycles. The minimum absolute atomic E-state index is 0. The van der Waals surface area contributed by atoms with Crippen LogP contribution in [0, 0.1) is 12.3 Å². The predicted octanol–water partition coefficient (Wildman–Crippen LogP) is 4.19. The third-order valence-electron chi connectivity index (χ3n) is 9.81. The van der Waals surface area contributed by atoms with Gasteiger partial charge in [-0.1, -0.05) is 69.3 Å². The SMILES string of the molecule is Cc1ncsc1-c1ccc(CNC(=O)[C@@H]2C[C@@H](O)CN2C(=O)[C@@H](NC(=O)COCCCCc2ccc(CO[C@H](C)[C@@H](N)CCC(N)=O)cc2)C(C)(C)C)cc1.Cl. The summed E-state index contributed by atoms with van der Waals surface area (Å²) in [4.78, 5) is 58.0. The summed E-state index contributed by atoms with van der Waals surface area (Å²) < 4.78 is 11.5. The number of rotatable bonds is 20. The van der Waals surface area contributed by atoms with E-state index in [-0.39, 0.29) is 68.9 Å². The number of nitrogens with zero attached hydrogens (tertiary/aromatic N) is 2. The highest BCUT2D eigenvalue weighted by Crippen LogP contribution is 2.28. The monoisotopic (exact) mass is 814 g/mol. The Bertz CT molecular complexity index is 1720. The second-order valence-electron chi connectivity index (χ2n) is 15.5. The maximum Gasteiger partial charge on any atom is 0.246 e. The standard InChI is InChI=1S/C41H58N6O7S.ClH/c1-26-37(55-25-45-26)31-15-13-29(14-16-31)21-44-39(51)34-20-32(48)22-47(34)40(52)38(41(3,4)5)46-36(50)24-53-19-7-6-8-28-9-11-30(12-10-28)23-54-27(2)33(42)17-18-35(43)49;/h9-16,25,27,32-34,38,48H,6-8,17-24,42H2,1-5H3,(H2,43,49)(H,44,51)(H,46,50);1H/t27-,32-,33+,34+,38-;/m1./s1. The van der Waals surface area contributed by atoms with Crippen LogP contribution in [0.2, 0.25) is 0 Å². The molecule has 4 rings (SSSR count). The number of unbranched alkanes of at least 4 members (excludes halogenated alkanes) is 1. The van der Waals surface area contributed by atoms with Crippen molar-refractivity contribution in [1.29, 1.82) is 0 Å². The molecule has 1 saturated heterocycles. The Morgan fingerprint density at radius 3 is 2.32 bits per heavy atom. The van der Waals surface area contributed by atoms with Gasteiger partial charge in [-0.3, -0.25) is 19.2 Å². The third kappa shape index (κ3) is 14.2. The Labute approximate surface area is 340 Å². The highest BCUT2D eigenvalue weighted by molar-refractivity contribution is 7.13. The number of aryl methyl sites for hydroxylation is 2. The van der Waals surface area contributed by atoms with E-state index in [2.05, 4.69) is 27.8 Å². The largest absolute Gasteiger partial charge is 0.391 e. The third-order valence-corrected chi connectivity index (χ3v) is 10.8. The van der Waals surface area contributed by atoms with Crippen molar-refractivity contribution >= 4 is 47.4 Å². The van der Waals surface area contributed by atoms with Gasteiger partial charge in [0.15, 0.2) is 0 Å². The second kappa shape index (κ2) is 22.1. The van der Waals surface area contributed by atoms with Gasteiger partial charge in [0.1, 0.15) is 18.7 Å². The average Bonchev–Trinajstić information content (AvgIpc) is 3.77. The van der Waals surface area contributed by atoms with Crippen LogP contribution in [0.3, 0.4) is 0 Å². The lowest BCUT2D eigenvalue weighted by atomic mass is 9.85. The number of hydrogen-bond donors (Lipinski definition) is 5. The van der Waals surface area contributed by atoms with Crippen LogP contribution in [0.4, 0.5) is 0 Å². The minimum atomic E-state index is -0.929. The summed E-state index contributed by atoms with van der Waals surface area (Å²) in [6.45, 7) is 10.3. The van der Waals surface area contributed by atoms with Gasteiger partial charge in [-0.2, -0.15) is 0 Å². The molecule has 56 heavy (non-hydrogen) atoms. The summed E-state index contributed by atoms with van der Waals surface area (Å²) in [5.74, 6) is -1.57. The van der Waals surface area contributed by atoms with E-state index < -0.39 is 35.4 Å². The number of hydrogen-bond acceptors (Lipinski definition) is 10. The van der Waals surface area contributed by atoms with Gasteiger partial charge in [-0.15, -0.1) is 23.7 Å². The van der Waals surface area contributed by atoms with Crippen LogP contribution in [0.1, 0.15) is 82.2 Å². The van der Waals surface area contributed by atoms with Crippen molar-refractivity contribution in [3.63, 3.8) is 0 Å². The van der Waals surface area contributed by atoms with Crippen molar-refractivity contribution in [1.82, 2.24) is 20.5 Å². The predicted molar refractivity (Wildman–Crippen MR) is 220 cm³/mol. The quantitative estimate of drug-likeness (QED) is 0.104. The number of nitrogens with one attached hydrogen (secondary N) is 2. The summed E-state index contributed by atoms with van der Waals surface area (Å²) in [6, 6.07) is 14.0. The summed E-state index contributed by atoms with van der Waals surface area (Å²) in [6.07, 6.45) is 2.25. The molecular formula is C41H59ClN6O7S. The number of nitrogens with two attached hydrogens (primary N) is 2. The molecule has 0 unspecified atom stereocenters. The smallest absolute Gasteiger partial charge is 0.246 e. The Balaban J connectivity index is 0.00000841. The van der Waals surface area contributed by atoms with Gasteiger partial charge in [0, 0.05) is 38.6 Å². The molecule has 1 fully saturated rings. The first-order valence-corrected chi connectivity index (χ1v) is 19.9. The fourth-order valence-electron chi connectivity index (χ4n) is 6.38. The van der Waals surface area contributed by atoms with Crippen molar-refractivity contribution in [3.05, 3.63) is 76.4 Å². The number of carbonyl (C=O) groups is 4. The van der Waals surface area contributed by atoms with E-state index in [0.29, 0.717) is 19.6 Å². The molecule has 308 valence electrons. The number of halogens is 1. The lowest BCUT2D eigenvalue weighted by molar-refractivity contribution is -0.144. The van der Waals surface area contributed by atoms with E-state index in [1.807, 2.05) is 76.5 Å². The number of likely N-dealkylation sites (tertiary alicyclic amines) is 1. The molecule has 5 atom stereocenters. The fourth-order valence-corrected chi connectivity index (χ4v) is 7.19. The Morgan fingerprint density at radius 1 is 1.04 bits per heavy atom. The summed E-state index contributed by atoms with van der Waals surface area (Å²) >= 11 is 1.58. The molecule has 0 radical (unpaired) electrons. The average molecular weight is 815 g/mol. The summed E-state index contributed by atoms with van der Waals surface area (Å²) in [5.41, 5.74) is 17.6. The second-order valence-corrected chi connectivity index (χ2v) is 16.3. The number of ether oxygens (including phenoxy) is 2. The summed E-state index contributed by atoms with van der Waals surface area (Å²) in [7, 11) is 0. The molecular weight excluding hydrogens is 756 g/mol. The Hall–Kier alpha value is -3.92. The first-order valence-electron chi connectivity index (χ1n) is 19.0. The van der Waals surface area contributed by atoms with E-state index >= 15 is 0 Å². The molecule has 0 spiro atoms. The number of aromatic nitrogens is 1. The van der Waals surface area contributed by atoms with Gasteiger partial charge in [0.05, 0.1) is 34.9 Å². The normalized spacial score (nSPS) is 17.1.